The van der Waals surface area contributed by atoms with Crippen LogP contribution in [0.15, 0.2) is 67.3 Å². The van der Waals surface area contributed by atoms with Crippen LogP contribution in [0.5, 0.6) is 23.0 Å². The normalized spacial score (nSPS) is 13.5. The second-order valence-electron chi connectivity index (χ2n) is 11.8. The molecule has 0 fully saturated rings. The molecule has 0 aliphatic heterocycles. The fourth-order valence-electron chi connectivity index (χ4n) is 5.86. The molecule has 0 saturated heterocycles. The molecule has 0 aliphatic carbocycles. The average Bonchev–Trinajstić information content (AvgIpc) is 3.69. The summed E-state index contributed by atoms with van der Waals surface area (Å²) in [6, 6.07) is 12.6. The lowest BCUT2D eigenvalue weighted by Gasteiger charge is -2.26. The lowest BCUT2D eigenvalue weighted by Crippen LogP contribution is -2.31. The van der Waals surface area contributed by atoms with Gasteiger partial charge in [-0.05, 0) is 96.5 Å². The summed E-state index contributed by atoms with van der Waals surface area (Å²) in [5.74, 6) is 0.650. The van der Waals surface area contributed by atoms with Gasteiger partial charge in [-0.2, -0.15) is 0 Å². The Hall–Kier alpha value is -4.17. The SMILES string of the molecule is COc1cc(CC(Cc2cc[nH]c2)C(=O)CC(O)C(Cc2cc[nH]c2)Cc2ccc(O)c(OC)c2CC(C)C)ccc1O. The van der Waals surface area contributed by atoms with Crippen LogP contribution in [0.4, 0.5) is 0 Å². The summed E-state index contributed by atoms with van der Waals surface area (Å²) in [4.78, 5) is 20.1. The number of benzene rings is 2. The molecule has 5 N–H and O–H groups in total. The number of hydrogen-bond acceptors (Lipinski definition) is 6. The highest BCUT2D eigenvalue weighted by molar-refractivity contribution is 5.82. The molecule has 0 spiro atoms. The Labute approximate surface area is 253 Å². The van der Waals surface area contributed by atoms with Gasteiger partial charge in [0.05, 0.1) is 20.3 Å². The maximum absolute atomic E-state index is 13.9. The number of phenolic OH excluding ortho intramolecular Hbond substituents is 2. The number of carbonyl (C=O) groups excluding carboxylic acids is 1. The zero-order valence-corrected chi connectivity index (χ0v) is 25.5. The molecule has 8 nitrogen and oxygen atoms in total. The van der Waals surface area contributed by atoms with Crippen LogP contribution in [0.3, 0.4) is 0 Å². The second-order valence-corrected chi connectivity index (χ2v) is 11.8. The number of aromatic nitrogens is 2. The van der Waals surface area contributed by atoms with Gasteiger partial charge in [0.25, 0.3) is 0 Å². The summed E-state index contributed by atoms with van der Waals surface area (Å²) in [6.07, 6.45) is 9.41. The molecule has 2 aromatic carbocycles. The number of ketones is 1. The molecule has 3 unspecified atom stereocenters. The van der Waals surface area contributed by atoms with Crippen LogP contribution in [0.1, 0.15) is 48.1 Å². The number of phenols is 2. The van der Waals surface area contributed by atoms with Crippen molar-refractivity contribution in [3.05, 3.63) is 95.1 Å². The fraction of sp³-hybridized carbons (Fsp3) is 0.400. The zero-order chi connectivity index (χ0) is 30.9. The zero-order valence-electron chi connectivity index (χ0n) is 25.5. The molecule has 0 radical (unpaired) electrons. The number of aromatic hydroxyl groups is 2. The predicted molar refractivity (Wildman–Crippen MR) is 167 cm³/mol. The van der Waals surface area contributed by atoms with Crippen LogP contribution in [0.25, 0.3) is 0 Å². The molecule has 0 saturated carbocycles. The molecule has 0 amide bonds. The maximum Gasteiger partial charge on any atom is 0.163 e. The van der Waals surface area contributed by atoms with Crippen LogP contribution < -0.4 is 9.47 Å². The number of rotatable bonds is 16. The number of aliphatic hydroxyl groups excluding tert-OH is 1. The van der Waals surface area contributed by atoms with E-state index in [1.807, 2.05) is 43.0 Å². The van der Waals surface area contributed by atoms with Gasteiger partial charge in [0.2, 0.25) is 0 Å². The molecular weight excluding hydrogens is 544 g/mol. The van der Waals surface area contributed by atoms with E-state index in [4.69, 9.17) is 9.47 Å². The maximum atomic E-state index is 13.9. The fourth-order valence-corrected chi connectivity index (χ4v) is 5.86. The van der Waals surface area contributed by atoms with Crippen molar-refractivity contribution in [2.75, 3.05) is 14.2 Å². The van der Waals surface area contributed by atoms with Crippen LogP contribution >= 0.6 is 0 Å². The van der Waals surface area contributed by atoms with E-state index >= 15 is 0 Å². The summed E-state index contributed by atoms with van der Waals surface area (Å²) in [6.45, 7) is 4.23. The van der Waals surface area contributed by atoms with Crippen molar-refractivity contribution in [1.29, 1.82) is 0 Å². The van der Waals surface area contributed by atoms with E-state index in [9.17, 15) is 20.1 Å². The molecular formula is C35H44N2O6. The Morgan fingerprint density at radius 1 is 0.791 bits per heavy atom. The Kier molecular flexibility index (Phi) is 11.0. The van der Waals surface area contributed by atoms with Crippen LogP contribution in [0, 0.1) is 17.8 Å². The molecule has 2 aromatic heterocycles. The van der Waals surface area contributed by atoms with E-state index < -0.39 is 6.10 Å². The van der Waals surface area contributed by atoms with Crippen molar-refractivity contribution in [2.45, 2.75) is 58.5 Å². The summed E-state index contributed by atoms with van der Waals surface area (Å²) in [7, 11) is 3.06. The summed E-state index contributed by atoms with van der Waals surface area (Å²) >= 11 is 0. The minimum Gasteiger partial charge on any atom is -0.504 e. The number of hydrogen-bond donors (Lipinski definition) is 5. The number of aliphatic hydroxyl groups is 1. The Morgan fingerprint density at radius 3 is 2.05 bits per heavy atom. The first-order chi connectivity index (χ1) is 20.7. The summed E-state index contributed by atoms with van der Waals surface area (Å²) < 4.78 is 10.9. The van der Waals surface area contributed by atoms with Crippen molar-refractivity contribution in [1.82, 2.24) is 9.97 Å². The second kappa shape index (κ2) is 14.8. The van der Waals surface area contributed by atoms with Gasteiger partial charge in [0.15, 0.2) is 23.0 Å². The molecule has 43 heavy (non-hydrogen) atoms. The number of Topliss-reactive ketones (excluding diaryl/α,β-unsaturated/α-hetero) is 1. The van der Waals surface area contributed by atoms with Gasteiger partial charge in [-0.1, -0.05) is 26.0 Å². The minimum atomic E-state index is -0.892. The number of methoxy groups -OCH3 is 2. The number of ether oxygens (including phenoxy) is 2. The van der Waals surface area contributed by atoms with E-state index in [2.05, 4.69) is 23.8 Å². The highest BCUT2D eigenvalue weighted by atomic mass is 16.5. The molecule has 8 heteroatoms. The van der Waals surface area contributed by atoms with E-state index in [0.717, 1.165) is 27.8 Å². The quantitative estimate of drug-likeness (QED) is 0.113. The Balaban J connectivity index is 1.60. The van der Waals surface area contributed by atoms with Crippen LogP contribution in [-0.4, -0.2) is 51.4 Å². The van der Waals surface area contributed by atoms with Gasteiger partial charge in [0, 0.05) is 42.7 Å². The van der Waals surface area contributed by atoms with E-state index in [-0.39, 0.29) is 35.5 Å². The third-order valence-corrected chi connectivity index (χ3v) is 8.08. The topological polar surface area (TPSA) is 128 Å². The Bertz CT molecular complexity index is 1450. The lowest BCUT2D eigenvalue weighted by atomic mass is 9.81. The van der Waals surface area contributed by atoms with Crippen molar-refractivity contribution < 1.29 is 29.6 Å². The first-order valence-corrected chi connectivity index (χ1v) is 14.9. The molecule has 3 atom stereocenters. The minimum absolute atomic E-state index is 0.00807. The van der Waals surface area contributed by atoms with Crippen LogP contribution in [-0.2, 0) is 36.9 Å². The number of aromatic amines is 2. The predicted octanol–water partition coefficient (Wildman–Crippen LogP) is 5.79. The highest BCUT2D eigenvalue weighted by Gasteiger charge is 2.29. The van der Waals surface area contributed by atoms with Crippen molar-refractivity contribution in [3.63, 3.8) is 0 Å². The van der Waals surface area contributed by atoms with Gasteiger partial charge >= 0.3 is 0 Å². The van der Waals surface area contributed by atoms with Crippen molar-refractivity contribution in [2.24, 2.45) is 17.8 Å². The van der Waals surface area contributed by atoms with Gasteiger partial charge in [-0.15, -0.1) is 0 Å². The van der Waals surface area contributed by atoms with E-state index in [0.29, 0.717) is 49.5 Å². The molecule has 4 aromatic rings. The van der Waals surface area contributed by atoms with Gasteiger partial charge in [-0.3, -0.25) is 4.79 Å². The third-order valence-electron chi connectivity index (χ3n) is 8.08. The standard InChI is InChI=1S/C35H44N2O6/c1-22(2)13-29-26(6-8-31(39)35(29)43-4)18-28(16-25-10-12-37-21-25)33(41)19-32(40)27(15-24-9-11-36-20-24)14-23-5-7-30(38)34(17-23)42-3/h5-12,17,20-22,27-28,33,36-39,41H,13-16,18-19H2,1-4H3. The first kappa shape index (κ1) is 31.8. The smallest absolute Gasteiger partial charge is 0.163 e. The summed E-state index contributed by atoms with van der Waals surface area (Å²) in [5.41, 5.74) is 4.86. The van der Waals surface area contributed by atoms with Crippen LogP contribution in [0.2, 0.25) is 0 Å². The first-order valence-electron chi connectivity index (χ1n) is 14.9. The van der Waals surface area contributed by atoms with Gasteiger partial charge in [-0.25, -0.2) is 0 Å². The molecule has 0 bridgehead atoms. The molecule has 0 aliphatic rings. The molecule has 4 rings (SSSR count). The number of nitrogens with one attached hydrogen (secondary N) is 2. The summed E-state index contributed by atoms with van der Waals surface area (Å²) in [5, 5.41) is 32.2. The number of carbonyl (C=O) groups is 1. The monoisotopic (exact) mass is 588 g/mol. The Morgan fingerprint density at radius 2 is 1.44 bits per heavy atom. The van der Waals surface area contributed by atoms with Gasteiger partial charge < -0.3 is 34.8 Å². The largest absolute Gasteiger partial charge is 0.504 e. The van der Waals surface area contributed by atoms with Crippen molar-refractivity contribution >= 4 is 5.78 Å². The van der Waals surface area contributed by atoms with E-state index in [1.165, 1.54) is 7.11 Å². The highest BCUT2D eigenvalue weighted by Crippen LogP contribution is 2.36. The average molecular weight is 589 g/mol. The lowest BCUT2D eigenvalue weighted by molar-refractivity contribution is -0.125. The van der Waals surface area contributed by atoms with Gasteiger partial charge in [0.1, 0.15) is 5.78 Å². The number of H-pyrrole nitrogens is 2. The molecule has 230 valence electrons. The van der Waals surface area contributed by atoms with E-state index in [1.54, 1.807) is 31.4 Å². The third kappa shape index (κ3) is 8.45. The molecule has 2 heterocycles. The van der Waals surface area contributed by atoms with Crippen molar-refractivity contribution in [3.8, 4) is 23.0 Å².